The Morgan fingerprint density at radius 1 is 1.35 bits per heavy atom. The molecule has 9 nitrogen and oxygen atoms in total. The minimum absolute atomic E-state index is 0.208. The van der Waals surface area contributed by atoms with Crippen LogP contribution >= 0.6 is 11.3 Å². The summed E-state index contributed by atoms with van der Waals surface area (Å²) in [5, 5.41) is 13.2. The number of hydrogen-bond donors (Lipinski definition) is 0. The molecule has 0 bridgehead atoms. The summed E-state index contributed by atoms with van der Waals surface area (Å²) in [5.74, 6) is 1.68. The van der Waals surface area contributed by atoms with Gasteiger partial charge in [-0.1, -0.05) is 0 Å². The van der Waals surface area contributed by atoms with Crippen molar-refractivity contribution in [3.63, 3.8) is 0 Å². The van der Waals surface area contributed by atoms with Crippen molar-refractivity contribution in [2.45, 2.75) is 26.5 Å². The standard InChI is InChI=1S/C16H21N7O2S/c1-10-11(2)26-16-13(10)15(17-9-18-16)22-4-7-25-12(8-22)14-19-20-21-23(14)5-6-24-3/h9,12H,4-8H2,1-3H3/t12-/m1/s1. The Bertz CT molecular complexity index is 909. The summed E-state index contributed by atoms with van der Waals surface area (Å²) in [5.41, 5.74) is 1.24. The minimum atomic E-state index is -0.208. The van der Waals surface area contributed by atoms with Crippen molar-refractivity contribution in [1.29, 1.82) is 0 Å². The van der Waals surface area contributed by atoms with Crippen LogP contribution in [0.15, 0.2) is 6.33 Å². The highest BCUT2D eigenvalue weighted by atomic mass is 32.1. The molecule has 0 unspecified atom stereocenters. The van der Waals surface area contributed by atoms with Gasteiger partial charge in [0.1, 0.15) is 23.1 Å². The first-order valence-corrected chi connectivity index (χ1v) is 9.33. The number of methoxy groups -OCH3 is 1. The molecular weight excluding hydrogens is 354 g/mol. The van der Waals surface area contributed by atoms with Crippen LogP contribution in [0.3, 0.4) is 0 Å². The lowest BCUT2D eigenvalue weighted by molar-refractivity contribution is 0.0298. The van der Waals surface area contributed by atoms with Gasteiger partial charge in [0.05, 0.1) is 31.7 Å². The maximum absolute atomic E-state index is 5.96. The summed E-state index contributed by atoms with van der Waals surface area (Å²) in [7, 11) is 1.66. The molecule has 0 aliphatic carbocycles. The Hall–Kier alpha value is -2.17. The molecule has 1 atom stereocenters. The second-order valence-electron chi connectivity index (χ2n) is 6.22. The molecule has 1 saturated heterocycles. The van der Waals surface area contributed by atoms with Crippen LogP contribution in [0, 0.1) is 13.8 Å². The van der Waals surface area contributed by atoms with E-state index in [4.69, 9.17) is 9.47 Å². The summed E-state index contributed by atoms with van der Waals surface area (Å²) >= 11 is 1.71. The van der Waals surface area contributed by atoms with Crippen molar-refractivity contribution in [3.8, 4) is 0 Å². The van der Waals surface area contributed by atoms with Crippen LogP contribution in [0.2, 0.25) is 0 Å². The number of fused-ring (bicyclic) bond motifs is 1. The predicted molar refractivity (Wildman–Crippen MR) is 97.5 cm³/mol. The highest BCUT2D eigenvalue weighted by molar-refractivity contribution is 7.18. The number of rotatable bonds is 5. The molecule has 0 saturated carbocycles. The van der Waals surface area contributed by atoms with E-state index in [0.29, 0.717) is 26.3 Å². The quantitative estimate of drug-likeness (QED) is 0.663. The van der Waals surface area contributed by atoms with Crippen molar-refractivity contribution in [1.82, 2.24) is 30.2 Å². The van der Waals surface area contributed by atoms with Crippen molar-refractivity contribution < 1.29 is 9.47 Å². The third-order valence-corrected chi connectivity index (χ3v) is 5.78. The molecule has 0 N–H and O–H groups in total. The predicted octanol–water partition coefficient (Wildman–Crippen LogP) is 1.52. The fourth-order valence-electron chi connectivity index (χ4n) is 3.18. The van der Waals surface area contributed by atoms with Crippen molar-refractivity contribution in [3.05, 3.63) is 22.6 Å². The van der Waals surface area contributed by atoms with Gasteiger partial charge in [0.2, 0.25) is 0 Å². The van der Waals surface area contributed by atoms with Crippen LogP contribution in [0.4, 0.5) is 5.82 Å². The fourth-order valence-corrected chi connectivity index (χ4v) is 4.17. The average molecular weight is 375 g/mol. The van der Waals surface area contributed by atoms with E-state index >= 15 is 0 Å². The largest absolute Gasteiger partial charge is 0.383 e. The molecule has 1 aliphatic rings. The first-order valence-electron chi connectivity index (χ1n) is 8.51. The number of nitrogens with zero attached hydrogens (tertiary/aromatic N) is 7. The molecule has 138 valence electrons. The third-order valence-electron chi connectivity index (χ3n) is 4.67. The van der Waals surface area contributed by atoms with E-state index in [1.165, 1.54) is 10.4 Å². The topological polar surface area (TPSA) is 91.1 Å². The van der Waals surface area contributed by atoms with Crippen LogP contribution in [0.1, 0.15) is 22.4 Å². The van der Waals surface area contributed by atoms with Gasteiger partial charge in [-0.3, -0.25) is 0 Å². The van der Waals surface area contributed by atoms with Gasteiger partial charge in [-0.15, -0.1) is 16.4 Å². The van der Waals surface area contributed by atoms with Gasteiger partial charge in [-0.05, 0) is 29.8 Å². The Balaban J connectivity index is 1.63. The zero-order chi connectivity index (χ0) is 18.1. The van der Waals surface area contributed by atoms with Gasteiger partial charge in [0.15, 0.2) is 5.82 Å². The number of morpholine rings is 1. The smallest absolute Gasteiger partial charge is 0.182 e. The number of ether oxygens (including phenoxy) is 2. The summed E-state index contributed by atoms with van der Waals surface area (Å²) in [6.45, 7) is 7.41. The number of aromatic nitrogens is 6. The lowest BCUT2D eigenvalue weighted by atomic mass is 10.2. The number of thiophene rings is 1. The SMILES string of the molecule is COCCn1nnnc1[C@H]1CN(c2ncnc3sc(C)c(C)c23)CCO1. The van der Waals surface area contributed by atoms with E-state index in [9.17, 15) is 0 Å². The Morgan fingerprint density at radius 3 is 3.08 bits per heavy atom. The van der Waals surface area contributed by atoms with Gasteiger partial charge in [-0.25, -0.2) is 14.6 Å². The van der Waals surface area contributed by atoms with Crippen molar-refractivity contribution >= 4 is 27.4 Å². The highest BCUT2D eigenvalue weighted by Gasteiger charge is 2.29. The van der Waals surface area contributed by atoms with Gasteiger partial charge in [0, 0.05) is 18.5 Å². The Labute approximate surface area is 154 Å². The summed E-state index contributed by atoms with van der Waals surface area (Å²) in [4.78, 5) is 13.6. The number of aryl methyl sites for hydroxylation is 2. The third kappa shape index (κ3) is 3.04. The van der Waals surface area contributed by atoms with E-state index in [1.54, 1.807) is 29.5 Å². The summed E-state index contributed by atoms with van der Waals surface area (Å²) in [6, 6.07) is 0. The zero-order valence-corrected chi connectivity index (χ0v) is 15.9. The number of tetrazole rings is 1. The molecule has 0 amide bonds. The van der Waals surface area contributed by atoms with Crippen LogP contribution in [-0.2, 0) is 16.0 Å². The first-order chi connectivity index (χ1) is 12.7. The summed E-state index contributed by atoms with van der Waals surface area (Å²) < 4.78 is 12.8. The normalized spacial score (nSPS) is 18.0. The molecule has 0 radical (unpaired) electrons. The van der Waals surface area contributed by atoms with E-state index in [-0.39, 0.29) is 6.10 Å². The molecule has 1 aliphatic heterocycles. The molecule has 3 aromatic heterocycles. The van der Waals surface area contributed by atoms with Crippen LogP contribution in [0.5, 0.6) is 0 Å². The molecule has 1 fully saturated rings. The van der Waals surface area contributed by atoms with Crippen molar-refractivity contribution in [2.24, 2.45) is 0 Å². The molecule has 10 heteroatoms. The molecule has 0 spiro atoms. The van der Waals surface area contributed by atoms with Crippen molar-refractivity contribution in [2.75, 3.05) is 38.3 Å². The zero-order valence-electron chi connectivity index (χ0n) is 15.0. The van der Waals surface area contributed by atoms with E-state index in [2.05, 4.69) is 44.2 Å². The lowest BCUT2D eigenvalue weighted by Crippen LogP contribution is -2.40. The molecule has 26 heavy (non-hydrogen) atoms. The van der Waals surface area contributed by atoms with Gasteiger partial charge in [-0.2, -0.15) is 0 Å². The van der Waals surface area contributed by atoms with Crippen LogP contribution in [-0.4, -0.2) is 63.6 Å². The van der Waals surface area contributed by atoms with Crippen LogP contribution in [0.25, 0.3) is 10.2 Å². The maximum atomic E-state index is 5.96. The fraction of sp³-hybridized carbons (Fsp3) is 0.562. The maximum Gasteiger partial charge on any atom is 0.182 e. The molecule has 4 heterocycles. The molecule has 3 aromatic rings. The van der Waals surface area contributed by atoms with Crippen LogP contribution < -0.4 is 4.90 Å². The lowest BCUT2D eigenvalue weighted by Gasteiger charge is -2.33. The van der Waals surface area contributed by atoms with E-state index < -0.39 is 0 Å². The van der Waals surface area contributed by atoms with E-state index in [0.717, 1.165) is 28.4 Å². The number of anilines is 1. The monoisotopic (exact) mass is 375 g/mol. The van der Waals surface area contributed by atoms with E-state index in [1.807, 2.05) is 0 Å². The average Bonchev–Trinajstić information content (AvgIpc) is 3.25. The second-order valence-corrected chi connectivity index (χ2v) is 7.42. The second kappa shape index (κ2) is 7.22. The minimum Gasteiger partial charge on any atom is -0.383 e. The highest BCUT2D eigenvalue weighted by Crippen LogP contribution is 2.35. The van der Waals surface area contributed by atoms with Gasteiger partial charge < -0.3 is 14.4 Å². The van der Waals surface area contributed by atoms with Gasteiger partial charge >= 0.3 is 0 Å². The summed E-state index contributed by atoms with van der Waals surface area (Å²) in [6.07, 6.45) is 1.43. The molecular formula is C16H21N7O2S. The first kappa shape index (κ1) is 17.3. The molecule has 4 rings (SSSR count). The van der Waals surface area contributed by atoms with Gasteiger partial charge in [0.25, 0.3) is 0 Å². The number of hydrogen-bond acceptors (Lipinski definition) is 9. The Kier molecular flexibility index (Phi) is 4.79. The molecule has 0 aromatic carbocycles. The Morgan fingerprint density at radius 2 is 2.23 bits per heavy atom.